The number of carbonyl (C=O) groups is 4. The molecule has 206 valence electrons. The Kier molecular flexibility index (Phi) is 8.78. The van der Waals surface area contributed by atoms with Crippen molar-refractivity contribution in [2.75, 3.05) is 0 Å². The highest BCUT2D eigenvalue weighted by Crippen LogP contribution is 2.44. The van der Waals surface area contributed by atoms with Crippen LogP contribution in [-0.4, -0.2) is 53.5 Å². The molecule has 1 aliphatic carbocycles. The van der Waals surface area contributed by atoms with Crippen LogP contribution < -0.4 is 21.3 Å². The van der Waals surface area contributed by atoms with E-state index in [4.69, 9.17) is 0 Å². The molecule has 2 rings (SSSR count). The van der Waals surface area contributed by atoms with Gasteiger partial charge in [0, 0.05) is 17.5 Å². The maximum Gasteiger partial charge on any atom is 0.471 e. The van der Waals surface area contributed by atoms with Gasteiger partial charge < -0.3 is 21.3 Å². The predicted octanol–water partition coefficient (Wildman–Crippen LogP) is 2.95. The second kappa shape index (κ2) is 10.6. The first-order valence-electron chi connectivity index (χ1n) is 12.5. The zero-order valence-corrected chi connectivity index (χ0v) is 22.3. The quantitative estimate of drug-likeness (QED) is 0.395. The van der Waals surface area contributed by atoms with E-state index < -0.39 is 46.8 Å². The predicted molar refractivity (Wildman–Crippen MR) is 128 cm³/mol. The SMILES string of the molecule is C[C@H](C[C@@H]1CCC2(CC2)NC1=O)NC(=O)[C@H](CC(C)(C)C)NC(=O)[C@@H](NC(=O)C(F)(F)F)C(C)(C)C. The number of alkyl halides is 3. The van der Waals surface area contributed by atoms with Gasteiger partial charge in [0.2, 0.25) is 17.7 Å². The molecule has 0 bridgehead atoms. The van der Waals surface area contributed by atoms with Crippen LogP contribution in [0.15, 0.2) is 0 Å². The molecule has 0 aromatic heterocycles. The molecule has 4 atom stereocenters. The summed E-state index contributed by atoms with van der Waals surface area (Å²) >= 11 is 0. The number of hydrogen-bond acceptors (Lipinski definition) is 4. The third kappa shape index (κ3) is 8.65. The highest BCUT2D eigenvalue weighted by molar-refractivity contribution is 5.93. The second-order valence-electron chi connectivity index (χ2n) is 12.7. The van der Waals surface area contributed by atoms with E-state index in [9.17, 15) is 32.3 Å². The Balaban J connectivity index is 2.07. The highest BCUT2D eigenvalue weighted by atomic mass is 19.4. The van der Waals surface area contributed by atoms with Gasteiger partial charge in [0.1, 0.15) is 12.1 Å². The molecule has 8 nitrogen and oxygen atoms in total. The monoisotopic (exact) mass is 518 g/mol. The largest absolute Gasteiger partial charge is 0.471 e. The van der Waals surface area contributed by atoms with Crippen molar-refractivity contribution in [3.05, 3.63) is 0 Å². The lowest BCUT2D eigenvalue weighted by Crippen LogP contribution is -2.60. The summed E-state index contributed by atoms with van der Waals surface area (Å²) in [5.41, 5.74) is -1.46. The minimum absolute atomic E-state index is 0.00665. The Labute approximate surface area is 211 Å². The summed E-state index contributed by atoms with van der Waals surface area (Å²) in [5.74, 6) is -3.81. The molecule has 1 heterocycles. The summed E-state index contributed by atoms with van der Waals surface area (Å²) in [6.07, 6.45) is -0.809. The molecule has 1 aliphatic heterocycles. The third-order valence-electron chi connectivity index (χ3n) is 6.72. The standard InChI is InChI=1S/C25H41F3N4O4/c1-14(12-15-8-9-24(10-11-24)32-18(15)33)29-19(34)16(13-22(2,3)4)30-20(35)17(23(5,6)7)31-21(36)25(26,27)28/h14-17H,8-13H2,1-7H3,(H,29,34)(H,30,35)(H,31,36)(H,32,33)/t14-,15+,16+,17-/m1/s1. The molecule has 2 fully saturated rings. The average molecular weight is 519 g/mol. The molecular weight excluding hydrogens is 477 g/mol. The molecule has 1 spiro atoms. The zero-order chi connectivity index (χ0) is 27.7. The lowest BCUT2D eigenvalue weighted by Gasteiger charge is -2.34. The van der Waals surface area contributed by atoms with Gasteiger partial charge in [0.15, 0.2) is 0 Å². The van der Waals surface area contributed by atoms with Gasteiger partial charge in [-0.1, -0.05) is 41.5 Å². The second-order valence-corrected chi connectivity index (χ2v) is 12.7. The topological polar surface area (TPSA) is 116 Å². The summed E-state index contributed by atoms with van der Waals surface area (Å²) in [4.78, 5) is 50.2. The van der Waals surface area contributed by atoms with E-state index >= 15 is 0 Å². The molecule has 1 saturated carbocycles. The fourth-order valence-electron chi connectivity index (χ4n) is 4.55. The lowest BCUT2D eigenvalue weighted by atomic mass is 9.84. The van der Waals surface area contributed by atoms with E-state index in [1.54, 1.807) is 12.2 Å². The van der Waals surface area contributed by atoms with E-state index in [1.165, 1.54) is 20.8 Å². The van der Waals surface area contributed by atoms with Crippen molar-refractivity contribution in [1.82, 2.24) is 21.3 Å². The van der Waals surface area contributed by atoms with Gasteiger partial charge in [0.05, 0.1) is 0 Å². The number of hydrogen-bond donors (Lipinski definition) is 4. The van der Waals surface area contributed by atoms with E-state index in [1.807, 2.05) is 20.8 Å². The van der Waals surface area contributed by atoms with Gasteiger partial charge in [-0.25, -0.2) is 0 Å². The molecule has 4 N–H and O–H groups in total. The molecule has 0 radical (unpaired) electrons. The van der Waals surface area contributed by atoms with E-state index in [0.29, 0.717) is 6.42 Å². The van der Waals surface area contributed by atoms with Crippen molar-refractivity contribution < 1.29 is 32.3 Å². The number of carbonyl (C=O) groups excluding carboxylic acids is 4. The number of piperidine rings is 1. The molecule has 2 aliphatic rings. The Morgan fingerprint density at radius 1 is 0.972 bits per heavy atom. The Hall–Kier alpha value is -2.33. The number of halogens is 3. The fourth-order valence-corrected chi connectivity index (χ4v) is 4.55. The van der Waals surface area contributed by atoms with Crippen molar-refractivity contribution in [2.24, 2.45) is 16.7 Å². The first kappa shape index (κ1) is 29.9. The van der Waals surface area contributed by atoms with Crippen LogP contribution in [0, 0.1) is 16.7 Å². The minimum Gasteiger partial charge on any atom is -0.352 e. The molecule has 36 heavy (non-hydrogen) atoms. The van der Waals surface area contributed by atoms with Crippen LogP contribution in [-0.2, 0) is 19.2 Å². The van der Waals surface area contributed by atoms with Crippen LogP contribution in [0.5, 0.6) is 0 Å². The summed E-state index contributed by atoms with van der Waals surface area (Å²) in [6.45, 7) is 12.0. The van der Waals surface area contributed by atoms with Crippen LogP contribution >= 0.6 is 0 Å². The third-order valence-corrected chi connectivity index (χ3v) is 6.72. The van der Waals surface area contributed by atoms with Gasteiger partial charge in [-0.05, 0) is 56.3 Å². The van der Waals surface area contributed by atoms with E-state index in [-0.39, 0.29) is 29.8 Å². The fraction of sp³-hybridized carbons (Fsp3) is 0.840. The van der Waals surface area contributed by atoms with Crippen LogP contribution in [0.3, 0.4) is 0 Å². The summed E-state index contributed by atoms with van der Waals surface area (Å²) in [7, 11) is 0. The molecule has 1 saturated heterocycles. The van der Waals surface area contributed by atoms with Crippen LogP contribution in [0.1, 0.15) is 87.0 Å². The van der Waals surface area contributed by atoms with Crippen LogP contribution in [0.25, 0.3) is 0 Å². The van der Waals surface area contributed by atoms with Crippen molar-refractivity contribution >= 4 is 23.6 Å². The molecule has 11 heteroatoms. The average Bonchev–Trinajstić information content (AvgIpc) is 3.43. The van der Waals surface area contributed by atoms with Crippen molar-refractivity contribution in [1.29, 1.82) is 0 Å². The zero-order valence-electron chi connectivity index (χ0n) is 22.3. The van der Waals surface area contributed by atoms with Gasteiger partial charge in [-0.3, -0.25) is 19.2 Å². The summed E-state index contributed by atoms with van der Waals surface area (Å²) in [6, 6.07) is -2.91. The van der Waals surface area contributed by atoms with Gasteiger partial charge >= 0.3 is 12.1 Å². The Morgan fingerprint density at radius 3 is 2.00 bits per heavy atom. The Bertz CT molecular complexity index is 857. The Morgan fingerprint density at radius 2 is 1.56 bits per heavy atom. The van der Waals surface area contributed by atoms with E-state index in [0.717, 1.165) is 25.7 Å². The molecule has 0 unspecified atom stereocenters. The van der Waals surface area contributed by atoms with Crippen molar-refractivity contribution in [3.8, 4) is 0 Å². The van der Waals surface area contributed by atoms with Gasteiger partial charge in [0.25, 0.3) is 0 Å². The van der Waals surface area contributed by atoms with Gasteiger partial charge in [-0.15, -0.1) is 0 Å². The van der Waals surface area contributed by atoms with Crippen LogP contribution in [0.4, 0.5) is 13.2 Å². The van der Waals surface area contributed by atoms with Crippen molar-refractivity contribution in [3.63, 3.8) is 0 Å². The number of nitrogens with one attached hydrogen (secondary N) is 4. The molecular formula is C25H41F3N4O4. The maximum atomic E-state index is 13.2. The summed E-state index contributed by atoms with van der Waals surface area (Å²) in [5, 5.41) is 10.3. The smallest absolute Gasteiger partial charge is 0.352 e. The van der Waals surface area contributed by atoms with Crippen LogP contribution in [0.2, 0.25) is 0 Å². The first-order chi connectivity index (χ1) is 16.2. The number of rotatable bonds is 8. The normalized spacial score (nSPS) is 22.2. The lowest BCUT2D eigenvalue weighted by molar-refractivity contribution is -0.175. The maximum absolute atomic E-state index is 13.2. The summed E-state index contributed by atoms with van der Waals surface area (Å²) < 4.78 is 38.5. The molecule has 0 aromatic carbocycles. The first-order valence-corrected chi connectivity index (χ1v) is 12.5. The molecule has 0 aromatic rings. The molecule has 4 amide bonds. The van der Waals surface area contributed by atoms with Crippen molar-refractivity contribution in [2.45, 2.75) is 117 Å². The number of amides is 4. The van der Waals surface area contributed by atoms with E-state index in [2.05, 4.69) is 16.0 Å². The minimum atomic E-state index is -5.15. The van der Waals surface area contributed by atoms with Gasteiger partial charge in [-0.2, -0.15) is 13.2 Å². The highest BCUT2D eigenvalue weighted by Gasteiger charge is 2.48.